The minimum atomic E-state index is -2.40. The van der Waals surface area contributed by atoms with Crippen LogP contribution in [0.4, 0.5) is 11.4 Å². The summed E-state index contributed by atoms with van der Waals surface area (Å²) in [6.07, 6.45) is -2.99. The number of hydrogen-bond acceptors (Lipinski definition) is 12. The molecule has 14 nitrogen and oxygen atoms in total. The van der Waals surface area contributed by atoms with Crippen LogP contribution in [0.1, 0.15) is 0 Å². The molecule has 178 valence electrons. The standard InChI is InChI=1S/C20H16N2O12/c23-17(33-13-5-1-11(2-6-13)21(27)28)19(25)9-31-16-15(19)32-10-20(16,26)18(24)34-14-7-3-12(4-8-14)22(29)30/h1-8,15-16,25-26H,9-10H2/t15-,16-,19-,20+/m0/s1. The highest BCUT2D eigenvalue weighted by atomic mass is 16.6. The zero-order valence-corrected chi connectivity index (χ0v) is 17.1. The summed E-state index contributed by atoms with van der Waals surface area (Å²) in [7, 11) is 0. The Bertz CT molecular complexity index is 1060. The van der Waals surface area contributed by atoms with Crippen LogP contribution in [-0.2, 0) is 19.1 Å². The minimum Gasteiger partial charge on any atom is -0.424 e. The average Bonchev–Trinajstić information content (AvgIpc) is 3.34. The van der Waals surface area contributed by atoms with Gasteiger partial charge in [-0.1, -0.05) is 0 Å². The van der Waals surface area contributed by atoms with Crippen LogP contribution in [0.3, 0.4) is 0 Å². The summed E-state index contributed by atoms with van der Waals surface area (Å²) in [6, 6.07) is 9.00. The number of carbonyl (C=O) groups is 2. The van der Waals surface area contributed by atoms with E-state index in [9.17, 15) is 40.0 Å². The van der Waals surface area contributed by atoms with E-state index >= 15 is 0 Å². The molecule has 4 atom stereocenters. The lowest BCUT2D eigenvalue weighted by Gasteiger charge is -2.25. The van der Waals surface area contributed by atoms with E-state index in [1.54, 1.807) is 0 Å². The maximum absolute atomic E-state index is 12.6. The lowest BCUT2D eigenvalue weighted by atomic mass is 9.90. The fourth-order valence-corrected chi connectivity index (χ4v) is 3.56. The molecule has 0 unspecified atom stereocenters. The Morgan fingerprint density at radius 1 is 0.765 bits per heavy atom. The van der Waals surface area contributed by atoms with Crippen LogP contribution in [0, 0.1) is 20.2 Å². The number of benzene rings is 2. The van der Waals surface area contributed by atoms with Crippen LogP contribution in [0.5, 0.6) is 11.5 Å². The molecule has 0 spiro atoms. The zero-order chi connectivity index (χ0) is 24.7. The highest BCUT2D eigenvalue weighted by molar-refractivity contribution is 5.86. The largest absolute Gasteiger partial charge is 0.424 e. The van der Waals surface area contributed by atoms with Crippen molar-refractivity contribution in [2.24, 2.45) is 0 Å². The van der Waals surface area contributed by atoms with Crippen LogP contribution in [0.2, 0.25) is 0 Å². The van der Waals surface area contributed by atoms with Gasteiger partial charge in [0.1, 0.15) is 23.7 Å². The van der Waals surface area contributed by atoms with E-state index in [-0.39, 0.29) is 22.9 Å². The Balaban J connectivity index is 1.45. The van der Waals surface area contributed by atoms with Crippen LogP contribution >= 0.6 is 0 Å². The first-order valence-corrected chi connectivity index (χ1v) is 9.66. The van der Waals surface area contributed by atoms with E-state index in [1.165, 1.54) is 0 Å². The smallest absolute Gasteiger partial charge is 0.348 e. The normalized spacial score (nSPS) is 27.6. The Hall–Kier alpha value is -3.98. The van der Waals surface area contributed by atoms with E-state index in [2.05, 4.69) is 0 Å². The van der Waals surface area contributed by atoms with Gasteiger partial charge < -0.3 is 29.2 Å². The van der Waals surface area contributed by atoms with Gasteiger partial charge in [0.25, 0.3) is 11.4 Å². The molecule has 2 saturated heterocycles. The second kappa shape index (κ2) is 8.42. The maximum atomic E-state index is 12.6. The monoisotopic (exact) mass is 476 g/mol. The molecule has 0 aromatic heterocycles. The van der Waals surface area contributed by atoms with E-state index in [0.717, 1.165) is 48.5 Å². The predicted molar refractivity (Wildman–Crippen MR) is 107 cm³/mol. The number of rotatable bonds is 6. The molecule has 2 N–H and O–H groups in total. The van der Waals surface area contributed by atoms with Gasteiger partial charge in [-0.3, -0.25) is 20.2 Å². The second-order valence-electron chi connectivity index (χ2n) is 7.59. The van der Waals surface area contributed by atoms with Gasteiger partial charge >= 0.3 is 11.9 Å². The lowest BCUT2D eigenvalue weighted by Crippen LogP contribution is -2.55. The molecule has 4 rings (SSSR count). The van der Waals surface area contributed by atoms with Crippen molar-refractivity contribution in [2.45, 2.75) is 23.4 Å². The Morgan fingerprint density at radius 2 is 1.09 bits per heavy atom. The molecule has 0 radical (unpaired) electrons. The number of aliphatic hydroxyl groups is 2. The van der Waals surface area contributed by atoms with Crippen LogP contribution in [-0.4, -0.2) is 68.6 Å². The van der Waals surface area contributed by atoms with Gasteiger partial charge in [-0.05, 0) is 24.3 Å². The summed E-state index contributed by atoms with van der Waals surface area (Å²) >= 11 is 0. The number of ether oxygens (including phenoxy) is 4. The summed E-state index contributed by atoms with van der Waals surface area (Å²) in [5.74, 6) is -2.64. The third-order valence-electron chi connectivity index (χ3n) is 5.41. The van der Waals surface area contributed by atoms with Crippen molar-refractivity contribution in [3.8, 4) is 11.5 Å². The van der Waals surface area contributed by atoms with E-state index in [1.807, 2.05) is 0 Å². The molecule has 2 fully saturated rings. The van der Waals surface area contributed by atoms with Gasteiger partial charge in [-0.15, -0.1) is 0 Å². The molecular formula is C20H16N2O12. The zero-order valence-electron chi connectivity index (χ0n) is 17.1. The van der Waals surface area contributed by atoms with E-state index in [4.69, 9.17) is 18.9 Å². The molecule has 0 aliphatic carbocycles. The van der Waals surface area contributed by atoms with Gasteiger partial charge in [-0.2, -0.15) is 0 Å². The first-order valence-electron chi connectivity index (χ1n) is 9.66. The van der Waals surface area contributed by atoms with Crippen LogP contribution < -0.4 is 9.47 Å². The summed E-state index contributed by atoms with van der Waals surface area (Å²) in [6.45, 7) is -1.36. The molecule has 0 amide bonds. The van der Waals surface area contributed by atoms with Gasteiger partial charge in [0.05, 0.1) is 23.1 Å². The van der Waals surface area contributed by atoms with Gasteiger partial charge in [0.15, 0.2) is 0 Å². The SMILES string of the molecule is O=C(Oc1ccc([N+](=O)[O-])cc1)[C@]1(O)CO[C@H]2[C@@H]1OC[C@]2(O)C(=O)Oc1ccc([N+](=O)[O-])cc1. The minimum absolute atomic E-state index is 0.0988. The van der Waals surface area contributed by atoms with Crippen molar-refractivity contribution in [1.29, 1.82) is 0 Å². The summed E-state index contributed by atoms with van der Waals surface area (Å²) < 4.78 is 20.8. The molecule has 0 saturated carbocycles. The highest BCUT2D eigenvalue weighted by Crippen LogP contribution is 2.41. The number of nitro groups is 2. The molecule has 2 aromatic carbocycles. The summed E-state index contributed by atoms with van der Waals surface area (Å²) in [4.78, 5) is 45.5. The summed E-state index contributed by atoms with van der Waals surface area (Å²) in [5.41, 5.74) is -5.27. The van der Waals surface area contributed by atoms with Crippen molar-refractivity contribution in [2.75, 3.05) is 13.2 Å². The van der Waals surface area contributed by atoms with Crippen LogP contribution in [0.25, 0.3) is 0 Å². The Kier molecular flexibility index (Phi) is 5.74. The summed E-state index contributed by atoms with van der Waals surface area (Å²) in [5, 5.41) is 43.2. The molecule has 0 bridgehead atoms. The van der Waals surface area contributed by atoms with Gasteiger partial charge in [-0.25, -0.2) is 9.59 Å². The number of esters is 2. The molecule has 2 aliphatic rings. The molecule has 2 aliphatic heterocycles. The molecule has 34 heavy (non-hydrogen) atoms. The topological polar surface area (TPSA) is 198 Å². The Morgan fingerprint density at radius 3 is 1.38 bits per heavy atom. The molecular weight excluding hydrogens is 460 g/mol. The van der Waals surface area contributed by atoms with Crippen molar-refractivity contribution in [1.82, 2.24) is 0 Å². The number of fused-ring (bicyclic) bond motifs is 1. The van der Waals surface area contributed by atoms with Gasteiger partial charge in [0, 0.05) is 24.3 Å². The third-order valence-corrected chi connectivity index (χ3v) is 5.41. The first-order chi connectivity index (χ1) is 16.0. The molecule has 14 heteroatoms. The van der Waals surface area contributed by atoms with Crippen molar-refractivity contribution < 1.29 is 48.6 Å². The highest BCUT2D eigenvalue weighted by Gasteiger charge is 2.68. The van der Waals surface area contributed by atoms with Crippen molar-refractivity contribution in [3.05, 3.63) is 68.8 Å². The molecule has 2 heterocycles. The second-order valence-corrected chi connectivity index (χ2v) is 7.59. The quantitative estimate of drug-likeness (QED) is 0.250. The third kappa shape index (κ3) is 3.94. The number of non-ortho nitro benzene ring substituents is 2. The number of hydrogen-bond donors (Lipinski definition) is 2. The Labute approximate surface area is 189 Å². The predicted octanol–water partition coefficient (Wildman–Crippen LogP) is 0.274. The van der Waals surface area contributed by atoms with Crippen molar-refractivity contribution >= 4 is 23.3 Å². The molecule has 2 aromatic rings. The van der Waals surface area contributed by atoms with Crippen molar-refractivity contribution in [3.63, 3.8) is 0 Å². The number of carbonyl (C=O) groups excluding carboxylic acids is 2. The fourth-order valence-electron chi connectivity index (χ4n) is 3.56. The first kappa shape index (κ1) is 23.2. The average molecular weight is 476 g/mol. The maximum Gasteiger partial charge on any atom is 0.348 e. The van der Waals surface area contributed by atoms with E-state index < -0.39 is 58.4 Å². The number of nitro benzene ring substituents is 2. The van der Waals surface area contributed by atoms with Gasteiger partial charge in [0.2, 0.25) is 11.2 Å². The number of nitrogens with zero attached hydrogens (tertiary/aromatic N) is 2. The fraction of sp³-hybridized carbons (Fsp3) is 0.300. The lowest BCUT2D eigenvalue weighted by molar-refractivity contribution is -0.385. The van der Waals surface area contributed by atoms with E-state index in [0.29, 0.717) is 0 Å². The van der Waals surface area contributed by atoms with Crippen LogP contribution in [0.15, 0.2) is 48.5 Å².